The summed E-state index contributed by atoms with van der Waals surface area (Å²) in [5.41, 5.74) is 1.77. The average Bonchev–Trinajstić information content (AvgIpc) is 2.69. The molecular weight excluding hydrogens is 348 g/mol. The Bertz CT molecular complexity index is 838. The summed E-state index contributed by atoms with van der Waals surface area (Å²) in [6, 6.07) is 8.48. The maximum Gasteiger partial charge on any atom is 0.311 e. The third-order valence-electron chi connectivity index (χ3n) is 4.68. The number of rotatable bonds is 5. The Kier molecular flexibility index (Phi) is 5.54. The minimum absolute atomic E-state index is 0.0649. The van der Waals surface area contributed by atoms with Crippen LogP contribution in [0.4, 0.5) is 17.2 Å². The number of carbonyl (C=O) groups excluding carboxylic acids is 1. The van der Waals surface area contributed by atoms with Crippen molar-refractivity contribution in [1.29, 1.82) is 0 Å². The maximum atomic E-state index is 12.6. The molecule has 1 amide bonds. The van der Waals surface area contributed by atoms with Crippen LogP contribution in [0.1, 0.15) is 18.4 Å². The second-order valence-corrected chi connectivity index (χ2v) is 6.61. The van der Waals surface area contributed by atoms with E-state index in [0.717, 1.165) is 30.6 Å². The first-order chi connectivity index (χ1) is 13.0. The van der Waals surface area contributed by atoms with Gasteiger partial charge in [-0.25, -0.2) is 4.98 Å². The van der Waals surface area contributed by atoms with E-state index in [-0.39, 0.29) is 23.3 Å². The first kappa shape index (κ1) is 18.6. The maximum absolute atomic E-state index is 12.6. The lowest BCUT2D eigenvalue weighted by atomic mass is 9.96. The summed E-state index contributed by atoms with van der Waals surface area (Å²) in [6.07, 6.45) is 3.36. The van der Waals surface area contributed by atoms with Crippen LogP contribution in [0.3, 0.4) is 0 Å². The van der Waals surface area contributed by atoms with Gasteiger partial charge in [0.1, 0.15) is 5.82 Å². The average molecular weight is 370 g/mol. The number of nitrogens with zero attached hydrogens (tertiary/aromatic N) is 3. The number of nitro benzene ring substituents is 1. The van der Waals surface area contributed by atoms with Crippen molar-refractivity contribution in [3.8, 4) is 5.75 Å². The molecule has 1 aliphatic rings. The van der Waals surface area contributed by atoms with E-state index in [1.165, 1.54) is 13.2 Å². The minimum Gasteiger partial charge on any atom is -0.490 e. The summed E-state index contributed by atoms with van der Waals surface area (Å²) in [6.45, 7) is 3.27. The van der Waals surface area contributed by atoms with Gasteiger partial charge in [-0.1, -0.05) is 6.07 Å². The molecule has 1 N–H and O–H groups in total. The monoisotopic (exact) mass is 370 g/mol. The number of methoxy groups -OCH3 is 1. The Morgan fingerprint density at radius 2 is 2.19 bits per heavy atom. The van der Waals surface area contributed by atoms with E-state index in [2.05, 4.69) is 15.2 Å². The van der Waals surface area contributed by atoms with E-state index in [4.69, 9.17) is 4.74 Å². The number of hydrogen-bond donors (Lipinski definition) is 1. The minimum atomic E-state index is -0.469. The zero-order valence-electron chi connectivity index (χ0n) is 15.3. The standard InChI is InChI=1S/C19H22N4O4/c1-13-5-8-18(20-11-13)21-19(24)14-4-3-9-22(12-14)15-6-7-16(23(25)26)17(10-15)27-2/h5-8,10-11,14H,3-4,9,12H2,1-2H3,(H,20,21,24). The predicted octanol–water partition coefficient (Wildman–Crippen LogP) is 3.16. The van der Waals surface area contributed by atoms with E-state index in [1.807, 2.05) is 13.0 Å². The quantitative estimate of drug-likeness (QED) is 0.641. The molecule has 1 fully saturated rings. The summed E-state index contributed by atoms with van der Waals surface area (Å²) in [4.78, 5) is 29.5. The van der Waals surface area contributed by atoms with E-state index < -0.39 is 4.92 Å². The molecule has 1 unspecified atom stereocenters. The molecule has 2 heterocycles. The van der Waals surface area contributed by atoms with Gasteiger partial charge in [0, 0.05) is 37.1 Å². The van der Waals surface area contributed by atoms with Crippen molar-refractivity contribution in [3.63, 3.8) is 0 Å². The van der Waals surface area contributed by atoms with Crippen LogP contribution >= 0.6 is 0 Å². The van der Waals surface area contributed by atoms with Crippen LogP contribution in [0.15, 0.2) is 36.5 Å². The van der Waals surface area contributed by atoms with Crippen LogP contribution in [0.25, 0.3) is 0 Å². The molecule has 0 aliphatic carbocycles. The number of benzene rings is 1. The SMILES string of the molecule is COc1cc(N2CCCC(C(=O)Nc3ccc(C)cn3)C2)ccc1[N+](=O)[O-]. The summed E-state index contributed by atoms with van der Waals surface area (Å²) in [7, 11) is 1.41. The zero-order valence-corrected chi connectivity index (χ0v) is 15.3. The van der Waals surface area contributed by atoms with Crippen LogP contribution in [0, 0.1) is 23.0 Å². The lowest BCUT2D eigenvalue weighted by molar-refractivity contribution is -0.385. The second kappa shape index (κ2) is 8.03. The van der Waals surface area contributed by atoms with Gasteiger partial charge >= 0.3 is 5.69 Å². The summed E-state index contributed by atoms with van der Waals surface area (Å²) >= 11 is 0. The Morgan fingerprint density at radius 1 is 1.37 bits per heavy atom. The smallest absolute Gasteiger partial charge is 0.311 e. The number of piperidine rings is 1. The zero-order chi connectivity index (χ0) is 19.4. The third kappa shape index (κ3) is 4.33. The van der Waals surface area contributed by atoms with Crippen molar-refractivity contribution in [2.75, 3.05) is 30.4 Å². The van der Waals surface area contributed by atoms with Crippen molar-refractivity contribution in [3.05, 3.63) is 52.2 Å². The van der Waals surface area contributed by atoms with Crippen molar-refractivity contribution < 1.29 is 14.5 Å². The van der Waals surface area contributed by atoms with Gasteiger partial charge in [0.15, 0.2) is 5.75 Å². The van der Waals surface area contributed by atoms with Gasteiger partial charge < -0.3 is 15.0 Å². The molecule has 8 nitrogen and oxygen atoms in total. The van der Waals surface area contributed by atoms with Crippen LogP contribution in [0.2, 0.25) is 0 Å². The Morgan fingerprint density at radius 3 is 2.85 bits per heavy atom. The molecule has 0 spiro atoms. The molecule has 1 aromatic carbocycles. The van der Waals surface area contributed by atoms with Gasteiger partial charge in [0.05, 0.1) is 18.0 Å². The van der Waals surface area contributed by atoms with Crippen molar-refractivity contribution >= 4 is 23.1 Å². The number of aromatic nitrogens is 1. The Balaban J connectivity index is 1.71. The number of amides is 1. The fraction of sp³-hybridized carbons (Fsp3) is 0.368. The highest BCUT2D eigenvalue weighted by atomic mass is 16.6. The summed E-state index contributed by atoms with van der Waals surface area (Å²) in [5.74, 6) is 0.514. The highest BCUT2D eigenvalue weighted by Gasteiger charge is 2.27. The van der Waals surface area contributed by atoms with Crippen LogP contribution in [-0.2, 0) is 4.79 Å². The molecular formula is C19H22N4O4. The highest BCUT2D eigenvalue weighted by molar-refractivity contribution is 5.92. The molecule has 1 aromatic heterocycles. The Labute approximate surface area is 157 Å². The number of nitrogens with one attached hydrogen (secondary N) is 1. The van der Waals surface area contributed by atoms with Crippen LogP contribution in [0.5, 0.6) is 5.75 Å². The molecule has 27 heavy (non-hydrogen) atoms. The van der Waals surface area contributed by atoms with Crippen molar-refractivity contribution in [1.82, 2.24) is 4.98 Å². The van der Waals surface area contributed by atoms with E-state index in [0.29, 0.717) is 12.4 Å². The molecule has 0 bridgehead atoms. The normalized spacial score (nSPS) is 16.7. The third-order valence-corrected chi connectivity index (χ3v) is 4.68. The van der Waals surface area contributed by atoms with Gasteiger partial charge in [0.25, 0.3) is 0 Å². The molecule has 1 atom stereocenters. The van der Waals surface area contributed by atoms with E-state index >= 15 is 0 Å². The largest absolute Gasteiger partial charge is 0.490 e. The fourth-order valence-electron chi connectivity index (χ4n) is 3.21. The first-order valence-corrected chi connectivity index (χ1v) is 8.79. The lowest BCUT2D eigenvalue weighted by Gasteiger charge is -2.33. The molecule has 142 valence electrons. The molecule has 0 saturated carbocycles. The van der Waals surface area contributed by atoms with Gasteiger partial charge in [-0.3, -0.25) is 14.9 Å². The van der Waals surface area contributed by atoms with Gasteiger partial charge in [-0.05, 0) is 37.5 Å². The number of pyridine rings is 1. The number of aryl methyl sites for hydroxylation is 1. The summed E-state index contributed by atoms with van der Waals surface area (Å²) in [5, 5.41) is 13.9. The number of hydrogen-bond acceptors (Lipinski definition) is 6. The van der Waals surface area contributed by atoms with Gasteiger partial charge in [0.2, 0.25) is 5.91 Å². The highest BCUT2D eigenvalue weighted by Crippen LogP contribution is 2.33. The van der Waals surface area contributed by atoms with Gasteiger partial charge in [-0.15, -0.1) is 0 Å². The number of anilines is 2. The fourth-order valence-corrected chi connectivity index (χ4v) is 3.21. The number of nitro groups is 1. The summed E-state index contributed by atoms with van der Waals surface area (Å²) < 4.78 is 5.15. The van der Waals surface area contributed by atoms with Gasteiger partial charge in [-0.2, -0.15) is 0 Å². The number of ether oxygens (including phenoxy) is 1. The second-order valence-electron chi connectivity index (χ2n) is 6.61. The van der Waals surface area contributed by atoms with E-state index in [9.17, 15) is 14.9 Å². The van der Waals surface area contributed by atoms with Crippen LogP contribution < -0.4 is 15.0 Å². The number of carbonyl (C=O) groups is 1. The molecule has 1 saturated heterocycles. The molecule has 3 rings (SSSR count). The van der Waals surface area contributed by atoms with E-state index in [1.54, 1.807) is 24.4 Å². The topological polar surface area (TPSA) is 97.6 Å². The van der Waals surface area contributed by atoms with Crippen molar-refractivity contribution in [2.45, 2.75) is 19.8 Å². The molecule has 8 heteroatoms. The van der Waals surface area contributed by atoms with Crippen LogP contribution in [-0.4, -0.2) is 36.0 Å². The predicted molar refractivity (Wildman–Crippen MR) is 102 cm³/mol. The van der Waals surface area contributed by atoms with Crippen molar-refractivity contribution in [2.24, 2.45) is 5.92 Å². The molecule has 2 aromatic rings. The molecule has 0 radical (unpaired) electrons. The Hall–Kier alpha value is -3.16. The molecule has 1 aliphatic heterocycles. The lowest BCUT2D eigenvalue weighted by Crippen LogP contribution is -2.40. The first-order valence-electron chi connectivity index (χ1n) is 8.79.